The molecule has 1 aliphatic heterocycles. The van der Waals surface area contributed by atoms with E-state index in [9.17, 15) is 14.9 Å². The first kappa shape index (κ1) is 14.8. The normalized spacial score (nSPS) is 13.1. The van der Waals surface area contributed by atoms with E-state index in [2.05, 4.69) is 0 Å². The van der Waals surface area contributed by atoms with Gasteiger partial charge in [0.1, 0.15) is 0 Å². The van der Waals surface area contributed by atoms with E-state index in [1.165, 1.54) is 17.0 Å². The van der Waals surface area contributed by atoms with Crippen LogP contribution in [0, 0.1) is 10.1 Å². The fourth-order valence-corrected chi connectivity index (χ4v) is 2.89. The first-order chi connectivity index (χ1) is 10.5. The monoisotopic (exact) mass is 336 g/mol. The summed E-state index contributed by atoms with van der Waals surface area (Å²) < 4.78 is 0. The van der Waals surface area contributed by atoms with Gasteiger partial charge < -0.3 is 4.90 Å². The minimum atomic E-state index is -0.479. The van der Waals surface area contributed by atoms with Crippen LogP contribution < -0.4 is 4.90 Å². The van der Waals surface area contributed by atoms with Crippen LogP contribution in [0.15, 0.2) is 36.4 Å². The smallest absolute Gasteiger partial charge is 0.271 e. The molecule has 0 radical (unpaired) electrons. The predicted molar refractivity (Wildman–Crippen MR) is 84.9 cm³/mol. The number of hydrogen-bond acceptors (Lipinski definition) is 3. The Morgan fingerprint density at radius 1 is 1.23 bits per heavy atom. The van der Waals surface area contributed by atoms with Crippen LogP contribution in [0.5, 0.6) is 0 Å². The van der Waals surface area contributed by atoms with Crippen LogP contribution in [0.25, 0.3) is 0 Å². The van der Waals surface area contributed by atoms with Crippen LogP contribution in [-0.4, -0.2) is 17.4 Å². The van der Waals surface area contributed by atoms with E-state index in [-0.39, 0.29) is 22.2 Å². The van der Waals surface area contributed by atoms with Crippen LogP contribution >= 0.6 is 23.2 Å². The highest BCUT2D eigenvalue weighted by molar-refractivity contribution is 6.44. The minimum absolute atomic E-state index is 0.0457. The number of non-ortho nitro benzene ring substituents is 1. The molecular weight excluding hydrogens is 327 g/mol. The van der Waals surface area contributed by atoms with Gasteiger partial charge in [0, 0.05) is 18.7 Å². The average Bonchev–Trinajstić information content (AvgIpc) is 2.92. The number of amides is 1. The Kier molecular flexibility index (Phi) is 3.76. The van der Waals surface area contributed by atoms with Crippen molar-refractivity contribution in [1.29, 1.82) is 0 Å². The van der Waals surface area contributed by atoms with E-state index in [1.807, 2.05) is 0 Å². The first-order valence-corrected chi connectivity index (χ1v) is 7.28. The minimum Gasteiger partial charge on any atom is -0.307 e. The molecule has 3 rings (SSSR count). The molecule has 0 bridgehead atoms. The lowest BCUT2D eigenvalue weighted by Crippen LogP contribution is -2.29. The van der Waals surface area contributed by atoms with Gasteiger partial charge in [-0.05, 0) is 24.1 Å². The van der Waals surface area contributed by atoms with Crippen LogP contribution in [-0.2, 0) is 6.42 Å². The van der Waals surface area contributed by atoms with Crippen LogP contribution in [0.1, 0.15) is 15.9 Å². The van der Waals surface area contributed by atoms with Crippen molar-refractivity contribution in [3.63, 3.8) is 0 Å². The molecule has 1 amide bonds. The second-order valence-corrected chi connectivity index (χ2v) is 5.66. The summed E-state index contributed by atoms with van der Waals surface area (Å²) in [6.07, 6.45) is 0.650. The van der Waals surface area contributed by atoms with Gasteiger partial charge >= 0.3 is 0 Å². The highest BCUT2D eigenvalue weighted by Gasteiger charge is 2.28. The number of rotatable bonds is 2. The Balaban J connectivity index is 2.02. The van der Waals surface area contributed by atoms with E-state index in [4.69, 9.17) is 23.2 Å². The van der Waals surface area contributed by atoms with Crippen LogP contribution in [0.3, 0.4) is 0 Å². The van der Waals surface area contributed by atoms with E-state index in [1.54, 1.807) is 24.3 Å². The average molecular weight is 337 g/mol. The summed E-state index contributed by atoms with van der Waals surface area (Å²) in [7, 11) is 0. The first-order valence-electron chi connectivity index (χ1n) is 6.52. The molecule has 7 heteroatoms. The zero-order chi connectivity index (χ0) is 15.9. The molecule has 5 nitrogen and oxygen atoms in total. The number of halogens is 2. The number of fused-ring (bicyclic) bond motifs is 1. The Labute approximate surface area is 136 Å². The zero-order valence-corrected chi connectivity index (χ0v) is 12.8. The largest absolute Gasteiger partial charge is 0.307 e. The summed E-state index contributed by atoms with van der Waals surface area (Å²) in [5, 5.41) is 11.4. The van der Waals surface area contributed by atoms with Gasteiger partial charge in [-0.25, -0.2) is 0 Å². The Hall–Kier alpha value is -2.11. The van der Waals surface area contributed by atoms with E-state index in [0.29, 0.717) is 23.7 Å². The highest BCUT2D eigenvalue weighted by Crippen LogP contribution is 2.34. The maximum atomic E-state index is 12.7. The lowest BCUT2D eigenvalue weighted by atomic mass is 10.1. The van der Waals surface area contributed by atoms with E-state index in [0.717, 1.165) is 5.56 Å². The molecule has 0 saturated carbocycles. The lowest BCUT2D eigenvalue weighted by molar-refractivity contribution is -0.384. The molecule has 2 aromatic carbocycles. The van der Waals surface area contributed by atoms with Gasteiger partial charge in [-0.2, -0.15) is 0 Å². The summed E-state index contributed by atoms with van der Waals surface area (Å²) in [6.45, 7) is 0.457. The third-order valence-electron chi connectivity index (χ3n) is 3.60. The van der Waals surface area contributed by atoms with Crippen molar-refractivity contribution in [3.8, 4) is 0 Å². The van der Waals surface area contributed by atoms with Gasteiger partial charge in [0.05, 0.1) is 26.2 Å². The number of hydrogen-bond donors (Lipinski definition) is 0. The number of carbonyl (C=O) groups is 1. The van der Waals surface area contributed by atoms with E-state index < -0.39 is 4.92 Å². The Bertz CT molecular complexity index is 792. The van der Waals surface area contributed by atoms with Crippen molar-refractivity contribution >= 4 is 40.5 Å². The highest BCUT2D eigenvalue weighted by atomic mass is 35.5. The van der Waals surface area contributed by atoms with Crippen LogP contribution in [0.4, 0.5) is 11.4 Å². The number of nitrogens with zero attached hydrogens (tertiary/aromatic N) is 2. The third kappa shape index (κ3) is 2.42. The number of carbonyl (C=O) groups excluding carboxylic acids is 1. The number of anilines is 1. The molecule has 0 aromatic heterocycles. The molecule has 1 heterocycles. The number of nitro benzene ring substituents is 1. The fraction of sp³-hybridized carbons (Fsp3) is 0.133. The molecule has 1 aliphatic rings. The van der Waals surface area contributed by atoms with Gasteiger partial charge in [0.15, 0.2) is 0 Å². The molecule has 0 fully saturated rings. The fourth-order valence-electron chi connectivity index (χ4n) is 2.51. The third-order valence-corrected chi connectivity index (χ3v) is 4.42. The zero-order valence-electron chi connectivity index (χ0n) is 11.3. The quantitative estimate of drug-likeness (QED) is 0.612. The summed E-state index contributed by atoms with van der Waals surface area (Å²) >= 11 is 12.0. The van der Waals surface area contributed by atoms with Crippen LogP contribution in [0.2, 0.25) is 10.0 Å². The van der Waals surface area contributed by atoms with E-state index >= 15 is 0 Å². The molecule has 0 spiro atoms. The molecule has 0 N–H and O–H groups in total. The number of nitro groups is 1. The summed E-state index contributed by atoms with van der Waals surface area (Å²) in [5.74, 6) is -0.313. The van der Waals surface area contributed by atoms with Crippen molar-refractivity contribution in [2.45, 2.75) is 6.42 Å². The molecule has 112 valence electrons. The predicted octanol–water partition coefficient (Wildman–Crippen LogP) is 4.10. The van der Waals surface area contributed by atoms with Crippen molar-refractivity contribution in [3.05, 3.63) is 67.7 Å². The summed E-state index contributed by atoms with van der Waals surface area (Å²) in [4.78, 5) is 24.6. The Morgan fingerprint density at radius 3 is 2.73 bits per heavy atom. The summed E-state index contributed by atoms with van der Waals surface area (Å²) in [5.41, 5.74) is 1.69. The second-order valence-electron chi connectivity index (χ2n) is 4.88. The molecule has 0 saturated heterocycles. The second kappa shape index (κ2) is 5.59. The maximum absolute atomic E-state index is 12.7. The van der Waals surface area contributed by atoms with Gasteiger partial charge in [-0.15, -0.1) is 0 Å². The topological polar surface area (TPSA) is 63.5 Å². The molecule has 22 heavy (non-hydrogen) atoms. The van der Waals surface area contributed by atoms with Crippen molar-refractivity contribution in [1.82, 2.24) is 0 Å². The molecule has 0 aliphatic carbocycles. The Morgan fingerprint density at radius 2 is 2.00 bits per heavy atom. The summed E-state index contributed by atoms with van der Waals surface area (Å²) in [6, 6.07) is 9.37. The van der Waals surface area contributed by atoms with Gasteiger partial charge in [0.2, 0.25) is 0 Å². The van der Waals surface area contributed by atoms with Gasteiger partial charge in [0.25, 0.3) is 11.6 Å². The van der Waals surface area contributed by atoms with Crippen molar-refractivity contribution < 1.29 is 9.72 Å². The molecule has 2 aromatic rings. The van der Waals surface area contributed by atoms with Gasteiger partial charge in [-0.1, -0.05) is 35.3 Å². The molecule has 0 atom stereocenters. The maximum Gasteiger partial charge on any atom is 0.271 e. The van der Waals surface area contributed by atoms with Gasteiger partial charge in [-0.3, -0.25) is 14.9 Å². The molecule has 0 unspecified atom stereocenters. The standard InChI is InChI=1S/C15H10Cl2N2O3/c16-12-3-1-2-11(14(12)17)15(20)18-7-6-9-4-5-10(19(21)22)8-13(9)18/h1-5,8H,6-7H2. The SMILES string of the molecule is O=C(c1cccc(Cl)c1Cl)N1CCc2ccc([N+](=O)[O-])cc21. The lowest BCUT2D eigenvalue weighted by Gasteiger charge is -2.18. The van der Waals surface area contributed by atoms with Crippen molar-refractivity contribution in [2.75, 3.05) is 11.4 Å². The number of benzene rings is 2. The molecular formula is C15H10Cl2N2O3. The van der Waals surface area contributed by atoms with Crippen molar-refractivity contribution in [2.24, 2.45) is 0 Å².